The molecule has 1 fully saturated rings. The lowest BCUT2D eigenvalue weighted by Gasteiger charge is -2.25. The van der Waals surface area contributed by atoms with E-state index in [1.807, 2.05) is 45.3 Å². The van der Waals surface area contributed by atoms with Gasteiger partial charge in [0.1, 0.15) is 5.75 Å². The predicted octanol–water partition coefficient (Wildman–Crippen LogP) is 3.04. The molecule has 1 amide bonds. The molecule has 1 saturated heterocycles. The first-order valence-electron chi connectivity index (χ1n) is 11.3. The van der Waals surface area contributed by atoms with E-state index in [0.717, 1.165) is 62.7 Å². The first kappa shape index (κ1) is 28.4. The van der Waals surface area contributed by atoms with Gasteiger partial charge in [0.15, 0.2) is 5.96 Å². The van der Waals surface area contributed by atoms with Crippen molar-refractivity contribution in [3.8, 4) is 5.75 Å². The van der Waals surface area contributed by atoms with E-state index in [-0.39, 0.29) is 35.9 Å². The van der Waals surface area contributed by atoms with Gasteiger partial charge in [-0.25, -0.2) is 0 Å². The molecule has 32 heavy (non-hydrogen) atoms. The van der Waals surface area contributed by atoms with Crippen molar-refractivity contribution in [2.45, 2.75) is 38.6 Å². The van der Waals surface area contributed by atoms with Gasteiger partial charge in [0.05, 0.1) is 12.6 Å². The molecule has 182 valence electrons. The van der Waals surface area contributed by atoms with E-state index in [4.69, 9.17) is 14.5 Å². The molecule has 1 atom stereocenters. The van der Waals surface area contributed by atoms with Crippen molar-refractivity contribution < 1.29 is 14.3 Å². The topological polar surface area (TPSA) is 78.4 Å². The molecule has 1 aromatic rings. The monoisotopic (exact) mass is 561 g/mol. The molecular weight excluding hydrogens is 521 g/mol. The fraction of sp³-hybridized carbons (Fsp3) is 0.652. The number of amides is 1. The van der Waals surface area contributed by atoms with E-state index < -0.39 is 0 Å². The zero-order valence-corrected chi connectivity index (χ0v) is 22.3. The minimum atomic E-state index is 0. The molecule has 0 saturated carbocycles. The fourth-order valence-corrected chi connectivity index (χ4v) is 3.64. The average molecular weight is 562 g/mol. The number of anilines is 1. The molecule has 0 aromatic heterocycles. The van der Waals surface area contributed by atoms with Crippen LogP contribution < -0.4 is 15.4 Å². The smallest absolute Gasteiger partial charge is 0.239 e. The lowest BCUT2D eigenvalue weighted by atomic mass is 10.2. The number of hydrogen-bond donors (Lipinski definition) is 2. The standard InChI is InChI=1S/C23H39N5O3.HI/c1-5-24-23(26-19-10-6-11-20(18-19)31-17-9-16-30-4)25-13-8-15-28-14-7-12-21(28)22(29)27(2)3;/h6,10-11,18,21H,5,7-9,12-17H2,1-4H3,(H2,24,25,26);1H. The third-order valence-electron chi connectivity index (χ3n) is 5.17. The highest BCUT2D eigenvalue weighted by molar-refractivity contribution is 14.0. The van der Waals surface area contributed by atoms with Crippen LogP contribution in [0, 0.1) is 0 Å². The van der Waals surface area contributed by atoms with Crippen LogP contribution in [0.3, 0.4) is 0 Å². The minimum absolute atomic E-state index is 0. The Bertz CT molecular complexity index is 702. The minimum Gasteiger partial charge on any atom is -0.493 e. The van der Waals surface area contributed by atoms with Crippen molar-refractivity contribution in [1.29, 1.82) is 0 Å². The number of halogens is 1. The highest BCUT2D eigenvalue weighted by Gasteiger charge is 2.30. The van der Waals surface area contributed by atoms with Gasteiger partial charge < -0.3 is 25.0 Å². The Morgan fingerprint density at radius 3 is 2.81 bits per heavy atom. The summed E-state index contributed by atoms with van der Waals surface area (Å²) in [4.78, 5) is 21.0. The first-order chi connectivity index (χ1) is 15.0. The third-order valence-corrected chi connectivity index (χ3v) is 5.17. The van der Waals surface area contributed by atoms with Crippen LogP contribution in [0.2, 0.25) is 0 Å². The van der Waals surface area contributed by atoms with Crippen molar-refractivity contribution in [2.75, 3.05) is 65.9 Å². The Balaban J connectivity index is 0.00000512. The molecule has 8 nitrogen and oxygen atoms in total. The summed E-state index contributed by atoms with van der Waals surface area (Å²) in [5, 5.41) is 6.64. The highest BCUT2D eigenvalue weighted by atomic mass is 127. The van der Waals surface area contributed by atoms with Gasteiger partial charge in [-0.1, -0.05) is 6.07 Å². The van der Waals surface area contributed by atoms with Gasteiger partial charge in [0.25, 0.3) is 0 Å². The van der Waals surface area contributed by atoms with Crippen molar-refractivity contribution in [1.82, 2.24) is 15.1 Å². The van der Waals surface area contributed by atoms with Gasteiger partial charge in [0.2, 0.25) is 5.91 Å². The Morgan fingerprint density at radius 2 is 2.09 bits per heavy atom. The maximum Gasteiger partial charge on any atom is 0.239 e. The summed E-state index contributed by atoms with van der Waals surface area (Å²) in [5.41, 5.74) is 0.931. The predicted molar refractivity (Wildman–Crippen MR) is 141 cm³/mol. The third kappa shape index (κ3) is 9.91. The molecule has 2 N–H and O–H groups in total. The van der Waals surface area contributed by atoms with Crippen LogP contribution in [-0.4, -0.2) is 88.3 Å². The summed E-state index contributed by atoms with van der Waals surface area (Å²) in [7, 11) is 5.35. The van der Waals surface area contributed by atoms with E-state index in [1.54, 1.807) is 12.0 Å². The summed E-state index contributed by atoms with van der Waals surface area (Å²) in [5.74, 6) is 1.78. The highest BCUT2D eigenvalue weighted by Crippen LogP contribution is 2.19. The number of guanidine groups is 1. The second kappa shape index (κ2) is 16.1. The number of likely N-dealkylation sites (N-methyl/N-ethyl adjacent to an activating group) is 1. The van der Waals surface area contributed by atoms with Gasteiger partial charge in [-0.3, -0.25) is 14.7 Å². The second-order valence-electron chi connectivity index (χ2n) is 7.89. The summed E-state index contributed by atoms with van der Waals surface area (Å²) in [6.07, 6.45) is 3.81. The van der Waals surface area contributed by atoms with Crippen molar-refractivity contribution in [3.05, 3.63) is 24.3 Å². The van der Waals surface area contributed by atoms with Crippen LogP contribution in [0.25, 0.3) is 0 Å². The maximum atomic E-state index is 12.3. The number of carbonyl (C=O) groups excluding carboxylic acids is 1. The van der Waals surface area contributed by atoms with Crippen molar-refractivity contribution >= 4 is 41.5 Å². The summed E-state index contributed by atoms with van der Waals surface area (Å²) < 4.78 is 10.8. The molecule has 1 heterocycles. The van der Waals surface area contributed by atoms with Crippen LogP contribution >= 0.6 is 24.0 Å². The van der Waals surface area contributed by atoms with Crippen LogP contribution in [0.4, 0.5) is 5.69 Å². The molecule has 1 aliphatic heterocycles. The molecule has 1 aliphatic rings. The Morgan fingerprint density at radius 1 is 1.28 bits per heavy atom. The SMILES string of the molecule is CCNC(=NCCCN1CCCC1C(=O)N(C)C)Nc1cccc(OCCCOC)c1.I. The molecule has 2 rings (SSSR count). The number of nitrogens with one attached hydrogen (secondary N) is 2. The molecule has 0 bridgehead atoms. The molecule has 0 spiro atoms. The van der Waals surface area contributed by atoms with E-state index in [9.17, 15) is 4.79 Å². The number of hydrogen-bond acceptors (Lipinski definition) is 5. The number of rotatable bonds is 12. The van der Waals surface area contributed by atoms with Crippen LogP contribution in [0.5, 0.6) is 5.75 Å². The van der Waals surface area contributed by atoms with Gasteiger partial charge in [0, 0.05) is 65.6 Å². The zero-order chi connectivity index (χ0) is 22.5. The fourth-order valence-electron chi connectivity index (χ4n) is 3.64. The number of likely N-dealkylation sites (tertiary alicyclic amines) is 1. The van der Waals surface area contributed by atoms with Crippen LogP contribution in [0.15, 0.2) is 29.3 Å². The Hall–Kier alpha value is -1.59. The summed E-state index contributed by atoms with van der Waals surface area (Å²) in [6.45, 7) is 6.72. The van der Waals surface area contributed by atoms with Crippen molar-refractivity contribution in [3.63, 3.8) is 0 Å². The number of aliphatic imine (C=N–C) groups is 1. The largest absolute Gasteiger partial charge is 0.493 e. The zero-order valence-electron chi connectivity index (χ0n) is 19.9. The molecule has 0 aliphatic carbocycles. The quantitative estimate of drug-likeness (QED) is 0.177. The molecule has 1 aromatic carbocycles. The Labute approximate surface area is 210 Å². The first-order valence-corrected chi connectivity index (χ1v) is 11.3. The normalized spacial score (nSPS) is 16.4. The van der Waals surface area contributed by atoms with Crippen molar-refractivity contribution in [2.24, 2.45) is 4.99 Å². The lowest BCUT2D eigenvalue weighted by molar-refractivity contribution is -0.133. The van der Waals surface area contributed by atoms with Gasteiger partial charge in [-0.15, -0.1) is 24.0 Å². The van der Waals surface area contributed by atoms with Crippen LogP contribution in [0.1, 0.15) is 32.6 Å². The lowest BCUT2D eigenvalue weighted by Crippen LogP contribution is -2.43. The van der Waals surface area contributed by atoms with E-state index in [2.05, 4.69) is 15.5 Å². The number of carbonyl (C=O) groups is 1. The van der Waals surface area contributed by atoms with Gasteiger partial charge in [-0.05, 0) is 44.9 Å². The number of ether oxygens (including phenoxy) is 2. The number of nitrogens with zero attached hydrogens (tertiary/aromatic N) is 3. The maximum absolute atomic E-state index is 12.3. The average Bonchev–Trinajstić information content (AvgIpc) is 3.22. The molecule has 0 radical (unpaired) electrons. The van der Waals surface area contributed by atoms with E-state index in [0.29, 0.717) is 19.8 Å². The Kier molecular flexibility index (Phi) is 14.3. The molecule has 9 heteroatoms. The van der Waals surface area contributed by atoms with Crippen LogP contribution in [-0.2, 0) is 9.53 Å². The van der Waals surface area contributed by atoms with E-state index >= 15 is 0 Å². The molecule has 1 unspecified atom stereocenters. The summed E-state index contributed by atoms with van der Waals surface area (Å²) >= 11 is 0. The summed E-state index contributed by atoms with van der Waals surface area (Å²) in [6, 6.07) is 7.91. The number of benzene rings is 1. The van der Waals surface area contributed by atoms with Gasteiger partial charge >= 0.3 is 0 Å². The molecular formula is C23H40IN5O3. The van der Waals surface area contributed by atoms with E-state index in [1.165, 1.54) is 0 Å². The number of methoxy groups -OCH3 is 1. The second-order valence-corrected chi connectivity index (χ2v) is 7.89. The van der Waals surface area contributed by atoms with Gasteiger partial charge in [-0.2, -0.15) is 0 Å².